The lowest BCUT2D eigenvalue weighted by molar-refractivity contribution is -0.132. The van der Waals surface area contributed by atoms with E-state index < -0.39 is 0 Å². The molecule has 0 bridgehead atoms. The van der Waals surface area contributed by atoms with Crippen LogP contribution in [0.5, 0.6) is 17.2 Å². The molecule has 0 radical (unpaired) electrons. The smallest absolute Gasteiger partial charge is 0.321 e. The van der Waals surface area contributed by atoms with Gasteiger partial charge in [-0.1, -0.05) is 12.1 Å². The molecular formula is C25H29N3O5. The second kappa shape index (κ2) is 9.21. The lowest BCUT2D eigenvalue weighted by Crippen LogP contribution is -2.45. The fraction of sp³-hybridized carbons (Fsp3) is 0.440. The number of benzene rings is 2. The van der Waals surface area contributed by atoms with E-state index >= 15 is 0 Å². The quantitative estimate of drug-likeness (QED) is 0.767. The first-order valence-corrected chi connectivity index (χ1v) is 11.5. The van der Waals surface area contributed by atoms with Gasteiger partial charge in [0.25, 0.3) is 0 Å². The first-order chi connectivity index (χ1) is 16.1. The van der Waals surface area contributed by atoms with Crippen molar-refractivity contribution in [3.05, 3.63) is 48.0 Å². The van der Waals surface area contributed by atoms with E-state index in [1.807, 2.05) is 52.3 Å². The van der Waals surface area contributed by atoms with Crippen LogP contribution in [0.4, 0.5) is 10.5 Å². The van der Waals surface area contributed by atoms with Crippen molar-refractivity contribution in [1.29, 1.82) is 0 Å². The molecule has 3 heterocycles. The molecule has 33 heavy (non-hydrogen) atoms. The van der Waals surface area contributed by atoms with Crippen molar-refractivity contribution in [1.82, 2.24) is 9.80 Å². The van der Waals surface area contributed by atoms with Crippen LogP contribution in [-0.2, 0) is 11.3 Å². The molecule has 0 unspecified atom stereocenters. The Bertz CT molecular complexity index is 1040. The maximum absolute atomic E-state index is 13.0. The van der Waals surface area contributed by atoms with E-state index in [9.17, 15) is 9.59 Å². The Labute approximate surface area is 193 Å². The number of fused-ring (bicyclic) bond motifs is 2. The number of nitrogens with zero attached hydrogens (tertiary/aromatic N) is 2. The molecule has 2 aromatic rings. The molecule has 8 nitrogen and oxygen atoms in total. The van der Waals surface area contributed by atoms with Crippen molar-refractivity contribution in [2.75, 3.05) is 38.9 Å². The lowest BCUT2D eigenvalue weighted by atomic mass is 9.82. The van der Waals surface area contributed by atoms with E-state index in [1.54, 1.807) is 7.11 Å². The van der Waals surface area contributed by atoms with Crippen LogP contribution in [0.2, 0.25) is 0 Å². The zero-order chi connectivity index (χ0) is 22.8. The standard InChI is InChI=1S/C25H29N3O5/c1-31-21-4-2-3-20(13-21)26-25(30)28-10-7-18-12-24(29)27(9-8-19(18)15-28)14-17-5-6-22-23(11-17)33-16-32-22/h2-6,11,13,18-19H,7-10,12,14-16H2,1H3,(H,26,30)/t18-,19+/m1/s1. The van der Waals surface area contributed by atoms with Gasteiger partial charge in [0, 0.05) is 44.4 Å². The van der Waals surface area contributed by atoms with Gasteiger partial charge in [-0.15, -0.1) is 0 Å². The predicted octanol–water partition coefficient (Wildman–Crippen LogP) is 3.72. The van der Waals surface area contributed by atoms with Gasteiger partial charge in [0.05, 0.1) is 7.11 Å². The molecular weight excluding hydrogens is 422 g/mol. The number of carbonyl (C=O) groups is 2. The number of methoxy groups -OCH3 is 1. The molecule has 3 aliphatic rings. The van der Waals surface area contributed by atoms with Crippen molar-refractivity contribution in [2.24, 2.45) is 11.8 Å². The Morgan fingerprint density at radius 3 is 2.82 bits per heavy atom. The fourth-order valence-corrected chi connectivity index (χ4v) is 4.99. The van der Waals surface area contributed by atoms with Gasteiger partial charge in [-0.25, -0.2) is 4.79 Å². The fourth-order valence-electron chi connectivity index (χ4n) is 4.99. The summed E-state index contributed by atoms with van der Waals surface area (Å²) in [5.74, 6) is 3.02. The van der Waals surface area contributed by atoms with Gasteiger partial charge in [-0.05, 0) is 54.5 Å². The SMILES string of the molecule is COc1cccc(NC(=O)N2CC[C@@H]3CC(=O)N(Cc4ccc5c(c4)OCO5)CC[C@H]3C2)c1. The van der Waals surface area contributed by atoms with E-state index in [-0.39, 0.29) is 18.7 Å². The van der Waals surface area contributed by atoms with Gasteiger partial charge in [0.2, 0.25) is 12.7 Å². The molecule has 0 aliphatic carbocycles. The van der Waals surface area contributed by atoms with Crippen LogP contribution in [0.25, 0.3) is 0 Å². The Morgan fingerprint density at radius 1 is 1.09 bits per heavy atom. The summed E-state index contributed by atoms with van der Waals surface area (Å²) >= 11 is 0. The first kappa shape index (κ1) is 21.4. The molecule has 3 amide bonds. The van der Waals surface area contributed by atoms with Gasteiger partial charge in [0.15, 0.2) is 11.5 Å². The third-order valence-electron chi connectivity index (χ3n) is 6.87. The lowest BCUT2D eigenvalue weighted by Gasteiger charge is -2.37. The summed E-state index contributed by atoms with van der Waals surface area (Å²) in [7, 11) is 1.61. The molecule has 1 N–H and O–H groups in total. The predicted molar refractivity (Wildman–Crippen MR) is 122 cm³/mol. The third kappa shape index (κ3) is 4.69. The monoisotopic (exact) mass is 451 g/mol. The zero-order valence-corrected chi connectivity index (χ0v) is 18.8. The van der Waals surface area contributed by atoms with E-state index in [4.69, 9.17) is 14.2 Å². The highest BCUT2D eigenvalue weighted by Gasteiger charge is 2.36. The van der Waals surface area contributed by atoms with Crippen molar-refractivity contribution < 1.29 is 23.8 Å². The second-order valence-electron chi connectivity index (χ2n) is 8.91. The third-order valence-corrected chi connectivity index (χ3v) is 6.87. The van der Waals surface area contributed by atoms with Crippen LogP contribution >= 0.6 is 0 Å². The highest BCUT2D eigenvalue weighted by atomic mass is 16.7. The van der Waals surface area contributed by atoms with Crippen LogP contribution in [0.15, 0.2) is 42.5 Å². The highest BCUT2D eigenvalue weighted by Crippen LogP contribution is 2.35. The Morgan fingerprint density at radius 2 is 1.94 bits per heavy atom. The first-order valence-electron chi connectivity index (χ1n) is 11.5. The summed E-state index contributed by atoms with van der Waals surface area (Å²) in [4.78, 5) is 29.7. The average Bonchev–Trinajstić information content (AvgIpc) is 3.24. The number of piperidine rings is 1. The number of hydrogen-bond acceptors (Lipinski definition) is 5. The summed E-state index contributed by atoms with van der Waals surface area (Å²) in [6, 6.07) is 13.1. The van der Waals surface area contributed by atoms with Gasteiger partial charge >= 0.3 is 6.03 Å². The number of nitrogens with one attached hydrogen (secondary N) is 1. The minimum absolute atomic E-state index is 0.102. The van der Waals surface area contributed by atoms with Crippen LogP contribution < -0.4 is 19.5 Å². The molecule has 5 rings (SSSR count). The molecule has 2 saturated heterocycles. The zero-order valence-electron chi connectivity index (χ0n) is 18.8. The largest absolute Gasteiger partial charge is 0.497 e. The maximum Gasteiger partial charge on any atom is 0.321 e. The van der Waals surface area contributed by atoms with Crippen molar-refractivity contribution in [3.63, 3.8) is 0 Å². The van der Waals surface area contributed by atoms with E-state index in [2.05, 4.69) is 5.32 Å². The minimum atomic E-state index is -0.102. The van der Waals surface area contributed by atoms with Crippen molar-refractivity contribution >= 4 is 17.6 Å². The van der Waals surface area contributed by atoms with E-state index in [0.29, 0.717) is 55.9 Å². The molecule has 2 aromatic carbocycles. The number of urea groups is 1. The van der Waals surface area contributed by atoms with Gasteiger partial charge in [-0.2, -0.15) is 0 Å². The average molecular weight is 452 g/mol. The number of anilines is 1. The van der Waals surface area contributed by atoms with Crippen LogP contribution in [0.1, 0.15) is 24.8 Å². The summed E-state index contributed by atoms with van der Waals surface area (Å²) in [6.07, 6.45) is 2.28. The van der Waals surface area contributed by atoms with Gasteiger partial charge in [0.1, 0.15) is 5.75 Å². The van der Waals surface area contributed by atoms with Gasteiger partial charge < -0.3 is 29.3 Å². The molecule has 3 aliphatic heterocycles. The molecule has 2 atom stereocenters. The summed E-state index contributed by atoms with van der Waals surface area (Å²) in [6.45, 7) is 2.83. The van der Waals surface area contributed by atoms with Gasteiger partial charge in [-0.3, -0.25) is 4.79 Å². The summed E-state index contributed by atoms with van der Waals surface area (Å²) in [5, 5.41) is 2.98. The Hall–Kier alpha value is -3.42. The Kier molecular flexibility index (Phi) is 5.98. The molecule has 2 fully saturated rings. The van der Waals surface area contributed by atoms with Crippen molar-refractivity contribution in [3.8, 4) is 17.2 Å². The molecule has 174 valence electrons. The number of likely N-dealkylation sites (tertiary alicyclic amines) is 2. The highest BCUT2D eigenvalue weighted by molar-refractivity contribution is 5.89. The van der Waals surface area contributed by atoms with Crippen LogP contribution in [0, 0.1) is 11.8 Å². The molecule has 8 heteroatoms. The summed E-state index contributed by atoms with van der Waals surface area (Å²) in [5.41, 5.74) is 1.75. The number of carbonyl (C=O) groups excluding carboxylic acids is 2. The second-order valence-corrected chi connectivity index (χ2v) is 8.91. The maximum atomic E-state index is 13.0. The van der Waals surface area contributed by atoms with E-state index in [1.165, 1.54) is 0 Å². The molecule has 0 spiro atoms. The molecule has 0 aromatic heterocycles. The Balaban J connectivity index is 1.20. The number of hydrogen-bond donors (Lipinski definition) is 1. The van der Waals surface area contributed by atoms with Crippen molar-refractivity contribution in [2.45, 2.75) is 25.8 Å². The number of rotatable bonds is 4. The van der Waals surface area contributed by atoms with Crippen LogP contribution in [0.3, 0.4) is 0 Å². The summed E-state index contributed by atoms with van der Waals surface area (Å²) < 4.78 is 16.1. The van der Waals surface area contributed by atoms with Crippen LogP contribution in [-0.4, -0.2) is 55.3 Å². The molecule has 0 saturated carbocycles. The number of amides is 3. The van der Waals surface area contributed by atoms with E-state index in [0.717, 1.165) is 29.9 Å². The topological polar surface area (TPSA) is 80.3 Å². The minimum Gasteiger partial charge on any atom is -0.497 e. The number of ether oxygens (including phenoxy) is 3. The normalized spacial score (nSPS) is 21.9.